The maximum absolute atomic E-state index is 12.6. The number of para-hydroxylation sites is 1. The Kier molecular flexibility index (Phi) is 5.36. The van der Waals surface area contributed by atoms with E-state index < -0.39 is 0 Å². The van der Waals surface area contributed by atoms with E-state index in [1.165, 1.54) is 0 Å². The molecule has 0 spiro atoms. The van der Waals surface area contributed by atoms with Gasteiger partial charge in [-0.1, -0.05) is 35.0 Å². The quantitative estimate of drug-likeness (QED) is 0.432. The number of hydrogen-bond acceptors (Lipinski definition) is 5. The molecule has 1 unspecified atom stereocenters. The van der Waals surface area contributed by atoms with E-state index in [0.717, 1.165) is 22.3 Å². The zero-order valence-corrected chi connectivity index (χ0v) is 16.9. The number of fused-ring (bicyclic) bond motifs is 1. The largest absolute Gasteiger partial charge is 0.459 e. The summed E-state index contributed by atoms with van der Waals surface area (Å²) in [5.41, 5.74) is 1.63. The Hall–Kier alpha value is -3.12. The molecule has 7 heteroatoms. The molecule has 1 atom stereocenters. The number of aromatic nitrogens is 2. The Bertz CT molecular complexity index is 1100. The maximum atomic E-state index is 12.6. The van der Waals surface area contributed by atoms with Gasteiger partial charge in [-0.25, -0.2) is 0 Å². The molecule has 0 saturated heterocycles. The van der Waals surface area contributed by atoms with Gasteiger partial charge in [-0.2, -0.15) is 4.98 Å². The fourth-order valence-electron chi connectivity index (χ4n) is 3.08. The van der Waals surface area contributed by atoms with Gasteiger partial charge in [-0.3, -0.25) is 4.79 Å². The Morgan fingerprint density at radius 1 is 1.17 bits per heavy atom. The highest BCUT2D eigenvalue weighted by atomic mass is 35.5. The highest BCUT2D eigenvalue weighted by Gasteiger charge is 2.21. The van der Waals surface area contributed by atoms with Crippen LogP contribution in [-0.4, -0.2) is 28.0 Å². The number of amides is 1. The molecule has 4 rings (SSSR count). The SMILES string of the molecule is CC(c1cc2ccccc2o1)N(C)C(=O)CCc1nc(-c2ccc(Cl)cc2)no1. The van der Waals surface area contributed by atoms with Crippen LogP contribution in [0, 0.1) is 0 Å². The third kappa shape index (κ3) is 4.17. The third-order valence-corrected chi connectivity index (χ3v) is 5.21. The van der Waals surface area contributed by atoms with Crippen molar-refractivity contribution in [2.24, 2.45) is 0 Å². The van der Waals surface area contributed by atoms with Crippen molar-refractivity contribution in [2.75, 3.05) is 7.05 Å². The number of aryl methyl sites for hydroxylation is 1. The lowest BCUT2D eigenvalue weighted by Crippen LogP contribution is -2.29. The van der Waals surface area contributed by atoms with Gasteiger partial charge >= 0.3 is 0 Å². The molecular weight excluding hydrogens is 390 g/mol. The van der Waals surface area contributed by atoms with Crippen LogP contribution in [0.1, 0.15) is 31.0 Å². The summed E-state index contributed by atoms with van der Waals surface area (Å²) in [5.74, 6) is 1.63. The Morgan fingerprint density at radius 3 is 2.69 bits per heavy atom. The minimum absolute atomic E-state index is 0.0239. The molecule has 0 saturated carbocycles. The molecule has 0 bridgehead atoms. The molecule has 0 radical (unpaired) electrons. The molecule has 29 heavy (non-hydrogen) atoms. The minimum atomic E-state index is -0.179. The van der Waals surface area contributed by atoms with Gasteiger partial charge in [0.05, 0.1) is 6.04 Å². The second-order valence-corrected chi connectivity index (χ2v) is 7.32. The highest BCUT2D eigenvalue weighted by Crippen LogP contribution is 2.27. The van der Waals surface area contributed by atoms with Gasteiger partial charge in [-0.15, -0.1) is 0 Å². The predicted molar refractivity (Wildman–Crippen MR) is 110 cm³/mol. The molecule has 148 valence electrons. The predicted octanol–water partition coefficient (Wildman–Crippen LogP) is 5.29. The second kappa shape index (κ2) is 8.09. The van der Waals surface area contributed by atoms with Crippen molar-refractivity contribution in [3.8, 4) is 11.4 Å². The summed E-state index contributed by atoms with van der Waals surface area (Å²) >= 11 is 5.90. The number of benzene rings is 2. The van der Waals surface area contributed by atoms with Crippen LogP contribution < -0.4 is 0 Å². The first-order valence-corrected chi connectivity index (χ1v) is 9.72. The van der Waals surface area contributed by atoms with Crippen LogP contribution in [0.4, 0.5) is 0 Å². The van der Waals surface area contributed by atoms with Crippen LogP contribution in [-0.2, 0) is 11.2 Å². The van der Waals surface area contributed by atoms with Crippen LogP contribution in [0.25, 0.3) is 22.4 Å². The molecule has 2 aromatic heterocycles. The Balaban J connectivity index is 1.38. The lowest BCUT2D eigenvalue weighted by Gasteiger charge is -2.23. The monoisotopic (exact) mass is 409 g/mol. The summed E-state index contributed by atoms with van der Waals surface area (Å²) in [4.78, 5) is 18.7. The molecule has 2 aromatic carbocycles. The lowest BCUT2D eigenvalue weighted by atomic mass is 10.2. The molecule has 4 aromatic rings. The third-order valence-electron chi connectivity index (χ3n) is 4.95. The average molecular weight is 410 g/mol. The molecule has 0 N–H and O–H groups in total. The number of halogens is 1. The number of nitrogens with zero attached hydrogens (tertiary/aromatic N) is 3. The van der Waals surface area contributed by atoms with Crippen LogP contribution in [0.2, 0.25) is 5.02 Å². The zero-order chi connectivity index (χ0) is 20.4. The summed E-state index contributed by atoms with van der Waals surface area (Å²) in [6, 6.07) is 16.8. The van der Waals surface area contributed by atoms with Crippen LogP contribution in [0.3, 0.4) is 0 Å². The van der Waals surface area contributed by atoms with Gasteiger partial charge in [-0.05, 0) is 43.3 Å². The van der Waals surface area contributed by atoms with Crippen molar-refractivity contribution >= 4 is 28.5 Å². The van der Waals surface area contributed by atoms with E-state index in [9.17, 15) is 4.79 Å². The number of hydrogen-bond donors (Lipinski definition) is 0. The molecule has 0 fully saturated rings. The fraction of sp³-hybridized carbons (Fsp3) is 0.227. The number of carbonyl (C=O) groups excluding carboxylic acids is 1. The molecule has 0 aliphatic carbocycles. The normalized spacial score (nSPS) is 12.2. The average Bonchev–Trinajstić information content (AvgIpc) is 3.38. The summed E-state index contributed by atoms with van der Waals surface area (Å²) in [6.45, 7) is 1.95. The van der Waals surface area contributed by atoms with Gasteiger partial charge < -0.3 is 13.8 Å². The highest BCUT2D eigenvalue weighted by molar-refractivity contribution is 6.30. The van der Waals surface area contributed by atoms with Crippen molar-refractivity contribution in [2.45, 2.75) is 25.8 Å². The number of rotatable bonds is 6. The van der Waals surface area contributed by atoms with Crippen molar-refractivity contribution in [3.63, 3.8) is 0 Å². The molecule has 6 nitrogen and oxygen atoms in total. The standard InChI is InChI=1S/C22H20ClN3O3/c1-14(19-13-16-5-3-4-6-18(16)28-19)26(2)21(27)12-11-20-24-22(25-29-20)15-7-9-17(23)10-8-15/h3-10,13-14H,11-12H2,1-2H3. The second-order valence-electron chi connectivity index (χ2n) is 6.89. The summed E-state index contributed by atoms with van der Waals surface area (Å²) < 4.78 is 11.2. The van der Waals surface area contributed by atoms with E-state index in [1.807, 2.05) is 49.4 Å². The van der Waals surface area contributed by atoms with E-state index >= 15 is 0 Å². The minimum Gasteiger partial charge on any atom is -0.459 e. The van der Waals surface area contributed by atoms with Crippen LogP contribution >= 0.6 is 11.6 Å². The molecule has 0 aliphatic heterocycles. The maximum Gasteiger partial charge on any atom is 0.227 e. The van der Waals surface area contributed by atoms with Gasteiger partial charge in [0.25, 0.3) is 0 Å². The van der Waals surface area contributed by atoms with Crippen molar-refractivity contribution in [1.82, 2.24) is 15.0 Å². The van der Waals surface area contributed by atoms with E-state index in [1.54, 1.807) is 24.1 Å². The lowest BCUT2D eigenvalue weighted by molar-refractivity contribution is -0.132. The first-order chi connectivity index (χ1) is 14.0. The summed E-state index contributed by atoms with van der Waals surface area (Å²) in [6.07, 6.45) is 0.639. The summed E-state index contributed by atoms with van der Waals surface area (Å²) in [7, 11) is 1.77. The fourth-order valence-corrected chi connectivity index (χ4v) is 3.20. The van der Waals surface area contributed by atoms with E-state index in [0.29, 0.717) is 23.2 Å². The van der Waals surface area contributed by atoms with Crippen molar-refractivity contribution < 1.29 is 13.7 Å². The number of carbonyl (C=O) groups is 1. The van der Waals surface area contributed by atoms with Crippen molar-refractivity contribution in [1.29, 1.82) is 0 Å². The van der Waals surface area contributed by atoms with E-state index in [4.69, 9.17) is 20.5 Å². The first-order valence-electron chi connectivity index (χ1n) is 9.34. The van der Waals surface area contributed by atoms with Gasteiger partial charge in [0, 0.05) is 35.9 Å². The topological polar surface area (TPSA) is 72.4 Å². The van der Waals surface area contributed by atoms with E-state index in [-0.39, 0.29) is 18.4 Å². The molecule has 2 heterocycles. The van der Waals surface area contributed by atoms with Crippen LogP contribution in [0.5, 0.6) is 0 Å². The first kappa shape index (κ1) is 19.2. The smallest absolute Gasteiger partial charge is 0.227 e. The summed E-state index contributed by atoms with van der Waals surface area (Å²) in [5, 5.41) is 5.64. The number of furan rings is 1. The molecule has 0 aliphatic rings. The van der Waals surface area contributed by atoms with Gasteiger partial charge in [0.2, 0.25) is 17.6 Å². The molecular formula is C22H20ClN3O3. The molecule has 1 amide bonds. The Labute approximate surface area is 173 Å². The van der Waals surface area contributed by atoms with Crippen molar-refractivity contribution in [3.05, 3.63) is 71.3 Å². The van der Waals surface area contributed by atoms with E-state index in [2.05, 4.69) is 10.1 Å². The van der Waals surface area contributed by atoms with Gasteiger partial charge in [0.15, 0.2) is 0 Å². The Morgan fingerprint density at radius 2 is 1.93 bits per heavy atom. The zero-order valence-electron chi connectivity index (χ0n) is 16.1. The van der Waals surface area contributed by atoms with Gasteiger partial charge in [0.1, 0.15) is 11.3 Å². The van der Waals surface area contributed by atoms with Crippen LogP contribution in [0.15, 0.2) is 63.5 Å².